The average Bonchev–Trinajstić information content (AvgIpc) is 2.29. The van der Waals surface area contributed by atoms with Crippen LogP contribution in [0.2, 0.25) is 0 Å². The maximum atomic E-state index is 11.8. The van der Waals surface area contributed by atoms with Gasteiger partial charge in [0.25, 0.3) is 0 Å². The van der Waals surface area contributed by atoms with Gasteiger partial charge in [-0.15, -0.1) is 0 Å². The van der Waals surface area contributed by atoms with Crippen molar-refractivity contribution in [2.75, 3.05) is 31.8 Å². The smallest absolute Gasteiger partial charge is 0.223 e. The maximum Gasteiger partial charge on any atom is 0.223 e. The number of nitriles is 1. The Morgan fingerprint density at radius 3 is 3.20 bits per heavy atom. The maximum absolute atomic E-state index is 11.8. The fourth-order valence-electron chi connectivity index (χ4n) is 1.52. The summed E-state index contributed by atoms with van der Waals surface area (Å²) in [6, 6.07) is 1.71. The lowest BCUT2D eigenvalue weighted by Crippen LogP contribution is -2.47. The molecule has 0 aliphatic carbocycles. The summed E-state index contributed by atoms with van der Waals surface area (Å²) in [6.45, 7) is 1.45. The van der Waals surface area contributed by atoms with Crippen LogP contribution in [0, 0.1) is 11.3 Å². The van der Waals surface area contributed by atoms with Crippen LogP contribution in [0.15, 0.2) is 0 Å². The molecule has 0 spiro atoms. The number of carbonyl (C=O) groups excluding carboxylic acids is 1. The van der Waals surface area contributed by atoms with E-state index in [0.29, 0.717) is 26.2 Å². The fraction of sp³-hybridized carbons (Fsp3) is 0.800. The van der Waals surface area contributed by atoms with E-state index >= 15 is 0 Å². The molecule has 1 atom stereocenters. The summed E-state index contributed by atoms with van der Waals surface area (Å²) in [5.41, 5.74) is 0. The summed E-state index contributed by atoms with van der Waals surface area (Å²) >= 11 is 1.74. The minimum absolute atomic E-state index is 0.0823. The third-order valence-electron chi connectivity index (χ3n) is 2.34. The second kappa shape index (κ2) is 6.70. The Labute approximate surface area is 94.6 Å². The van der Waals surface area contributed by atoms with Crippen LogP contribution >= 0.6 is 11.8 Å². The summed E-state index contributed by atoms with van der Waals surface area (Å²) in [6.07, 6.45) is 3.45. The normalized spacial score (nSPS) is 21.1. The summed E-state index contributed by atoms with van der Waals surface area (Å²) < 4.78 is 5.16. The van der Waals surface area contributed by atoms with Gasteiger partial charge in [-0.05, 0) is 18.4 Å². The zero-order chi connectivity index (χ0) is 11.1. The van der Waals surface area contributed by atoms with Gasteiger partial charge in [-0.25, -0.2) is 0 Å². The van der Waals surface area contributed by atoms with E-state index in [4.69, 9.17) is 10.00 Å². The topological polar surface area (TPSA) is 53.3 Å². The monoisotopic (exact) mass is 228 g/mol. The second-order valence-electron chi connectivity index (χ2n) is 3.40. The van der Waals surface area contributed by atoms with Gasteiger partial charge in [0, 0.05) is 13.0 Å². The number of carbonyl (C=O) groups is 1. The lowest BCUT2D eigenvalue weighted by atomic mass is 10.2. The average molecular weight is 228 g/mol. The molecule has 0 aromatic heterocycles. The number of ether oxygens (including phenoxy) is 1. The Balaban J connectivity index is 2.39. The molecule has 1 fully saturated rings. The van der Waals surface area contributed by atoms with E-state index < -0.39 is 0 Å². The van der Waals surface area contributed by atoms with Crippen LogP contribution < -0.4 is 0 Å². The Morgan fingerprint density at radius 2 is 2.53 bits per heavy atom. The van der Waals surface area contributed by atoms with Gasteiger partial charge < -0.3 is 9.64 Å². The summed E-state index contributed by atoms with van der Waals surface area (Å²) in [5.74, 6) is 1.08. The number of hydrogen-bond donors (Lipinski definition) is 0. The molecular weight excluding hydrogens is 212 g/mol. The molecule has 0 radical (unpaired) electrons. The third-order valence-corrected chi connectivity index (χ3v) is 3.03. The highest BCUT2D eigenvalue weighted by Crippen LogP contribution is 2.10. The molecule has 84 valence electrons. The molecule has 0 N–H and O–H groups in total. The van der Waals surface area contributed by atoms with Crippen molar-refractivity contribution in [2.24, 2.45) is 0 Å². The first kappa shape index (κ1) is 12.3. The molecule has 0 saturated carbocycles. The Kier molecular flexibility index (Phi) is 5.51. The van der Waals surface area contributed by atoms with Crippen LogP contribution in [-0.2, 0) is 9.53 Å². The van der Waals surface area contributed by atoms with Gasteiger partial charge in [-0.2, -0.15) is 17.0 Å². The van der Waals surface area contributed by atoms with E-state index in [1.807, 2.05) is 6.26 Å². The fourth-order valence-corrected chi connectivity index (χ4v) is 1.95. The van der Waals surface area contributed by atoms with E-state index in [1.165, 1.54) is 0 Å². The second-order valence-corrected chi connectivity index (χ2v) is 4.39. The van der Waals surface area contributed by atoms with Crippen molar-refractivity contribution < 1.29 is 9.53 Å². The van der Waals surface area contributed by atoms with Crippen LogP contribution in [-0.4, -0.2) is 48.6 Å². The van der Waals surface area contributed by atoms with Gasteiger partial charge in [-0.1, -0.05) is 0 Å². The first-order valence-electron chi connectivity index (χ1n) is 5.05. The Hall–Kier alpha value is -0.730. The van der Waals surface area contributed by atoms with Gasteiger partial charge in [-0.3, -0.25) is 4.79 Å². The van der Waals surface area contributed by atoms with E-state index in [-0.39, 0.29) is 11.9 Å². The highest BCUT2D eigenvalue weighted by Gasteiger charge is 2.26. The molecule has 1 saturated heterocycles. The first-order valence-corrected chi connectivity index (χ1v) is 6.44. The molecule has 1 rings (SSSR count). The lowest BCUT2D eigenvalue weighted by Gasteiger charge is -2.31. The van der Waals surface area contributed by atoms with Crippen molar-refractivity contribution >= 4 is 17.7 Å². The molecule has 1 aliphatic rings. The van der Waals surface area contributed by atoms with Crippen LogP contribution in [0.25, 0.3) is 0 Å². The van der Waals surface area contributed by atoms with Crippen molar-refractivity contribution in [3.8, 4) is 6.07 Å². The number of amides is 1. The van der Waals surface area contributed by atoms with Crippen LogP contribution in [0.1, 0.15) is 12.8 Å². The highest BCUT2D eigenvalue weighted by molar-refractivity contribution is 7.98. The van der Waals surface area contributed by atoms with E-state index in [0.717, 1.165) is 12.2 Å². The molecule has 1 aliphatic heterocycles. The van der Waals surface area contributed by atoms with Crippen molar-refractivity contribution in [1.29, 1.82) is 5.26 Å². The predicted octanol–water partition coefficient (Wildman–Crippen LogP) is 0.881. The van der Waals surface area contributed by atoms with Crippen LogP contribution in [0.5, 0.6) is 0 Å². The standard InChI is InChI=1S/C10H16N2O2S/c1-15-6-2-3-10(13)12-4-5-14-8-9(12)7-11/h9H,2-6,8H2,1H3/t9-/m1/s1. The number of hydrogen-bond acceptors (Lipinski definition) is 4. The van der Waals surface area contributed by atoms with E-state index in [2.05, 4.69) is 6.07 Å². The molecule has 0 aromatic carbocycles. The molecule has 5 heteroatoms. The predicted molar refractivity (Wildman–Crippen MR) is 59.5 cm³/mol. The van der Waals surface area contributed by atoms with Gasteiger partial charge in [0.05, 0.1) is 19.3 Å². The van der Waals surface area contributed by atoms with Crippen molar-refractivity contribution in [3.63, 3.8) is 0 Å². The van der Waals surface area contributed by atoms with Crippen molar-refractivity contribution in [2.45, 2.75) is 18.9 Å². The molecule has 1 amide bonds. The van der Waals surface area contributed by atoms with Gasteiger partial charge in [0.2, 0.25) is 5.91 Å². The Morgan fingerprint density at radius 1 is 1.73 bits per heavy atom. The number of rotatable bonds is 4. The minimum Gasteiger partial charge on any atom is -0.376 e. The largest absolute Gasteiger partial charge is 0.376 e. The first-order chi connectivity index (χ1) is 7.29. The van der Waals surface area contributed by atoms with Gasteiger partial charge in [0.15, 0.2) is 0 Å². The van der Waals surface area contributed by atoms with Crippen molar-refractivity contribution in [3.05, 3.63) is 0 Å². The number of nitrogens with zero attached hydrogens (tertiary/aromatic N) is 2. The molecule has 15 heavy (non-hydrogen) atoms. The number of thioether (sulfide) groups is 1. The third kappa shape index (κ3) is 3.73. The zero-order valence-electron chi connectivity index (χ0n) is 8.94. The quantitative estimate of drug-likeness (QED) is 0.670. The summed E-state index contributed by atoms with van der Waals surface area (Å²) in [4.78, 5) is 13.4. The molecular formula is C10H16N2O2S. The van der Waals surface area contributed by atoms with E-state index in [9.17, 15) is 4.79 Å². The zero-order valence-corrected chi connectivity index (χ0v) is 9.76. The highest BCUT2D eigenvalue weighted by atomic mass is 32.2. The number of morpholine rings is 1. The van der Waals surface area contributed by atoms with Crippen molar-refractivity contribution in [1.82, 2.24) is 4.90 Å². The lowest BCUT2D eigenvalue weighted by molar-refractivity contribution is -0.137. The minimum atomic E-state index is -0.388. The van der Waals surface area contributed by atoms with Gasteiger partial charge in [0.1, 0.15) is 6.04 Å². The van der Waals surface area contributed by atoms with Gasteiger partial charge >= 0.3 is 0 Å². The molecule has 0 aromatic rings. The molecule has 1 heterocycles. The summed E-state index contributed by atoms with van der Waals surface area (Å²) in [7, 11) is 0. The molecule has 4 nitrogen and oxygen atoms in total. The molecule has 0 bridgehead atoms. The van der Waals surface area contributed by atoms with Crippen LogP contribution in [0.4, 0.5) is 0 Å². The van der Waals surface area contributed by atoms with Crippen LogP contribution in [0.3, 0.4) is 0 Å². The summed E-state index contributed by atoms with van der Waals surface area (Å²) in [5, 5.41) is 8.85. The van der Waals surface area contributed by atoms with E-state index in [1.54, 1.807) is 16.7 Å². The molecule has 0 unspecified atom stereocenters. The SMILES string of the molecule is CSCCCC(=O)N1CCOC[C@H]1C#N. The Bertz CT molecular complexity index is 252.